The number of benzene rings is 1. The lowest BCUT2D eigenvalue weighted by molar-refractivity contribution is 0.304. The van der Waals surface area contributed by atoms with Gasteiger partial charge in [-0.15, -0.1) is 0 Å². The highest BCUT2D eigenvalue weighted by Crippen LogP contribution is 2.20. The maximum atomic E-state index is 12.3. The van der Waals surface area contributed by atoms with E-state index in [1.54, 1.807) is 24.0 Å². The molecule has 27 heavy (non-hydrogen) atoms. The van der Waals surface area contributed by atoms with Crippen molar-refractivity contribution < 1.29 is 4.74 Å². The van der Waals surface area contributed by atoms with Crippen molar-refractivity contribution in [1.29, 1.82) is 0 Å². The van der Waals surface area contributed by atoms with E-state index in [9.17, 15) is 4.79 Å². The number of aromatic nitrogens is 2. The maximum absolute atomic E-state index is 12.3. The minimum Gasteiger partial charge on any atom is -0.493 e. The van der Waals surface area contributed by atoms with Gasteiger partial charge in [-0.2, -0.15) is 0 Å². The van der Waals surface area contributed by atoms with E-state index in [1.165, 1.54) is 5.56 Å². The third-order valence-corrected chi connectivity index (χ3v) is 5.03. The first kappa shape index (κ1) is 19.4. The lowest BCUT2D eigenvalue weighted by Crippen LogP contribution is -2.47. The fraction of sp³-hybridized carbons (Fsp3) is 0.524. The fourth-order valence-electron chi connectivity index (χ4n) is 3.41. The van der Waals surface area contributed by atoms with Crippen LogP contribution in [0.3, 0.4) is 0 Å². The summed E-state index contributed by atoms with van der Waals surface area (Å²) in [6.07, 6.45) is 7.73. The Kier molecular flexibility index (Phi) is 6.87. The number of para-hydroxylation sites is 1. The minimum atomic E-state index is -0.0344. The molecule has 0 amide bonds. The largest absolute Gasteiger partial charge is 0.493 e. The van der Waals surface area contributed by atoms with Crippen LogP contribution in [0.25, 0.3) is 0 Å². The number of ether oxygens (including phenoxy) is 1. The molecule has 2 aromatic rings. The highest BCUT2D eigenvalue weighted by molar-refractivity contribution is 5.37. The van der Waals surface area contributed by atoms with Crippen molar-refractivity contribution in [3.05, 3.63) is 52.6 Å². The van der Waals surface area contributed by atoms with Gasteiger partial charge < -0.3 is 19.5 Å². The molecule has 0 radical (unpaired) electrons. The Hall–Kier alpha value is -2.34. The first-order valence-corrected chi connectivity index (χ1v) is 9.89. The molecule has 1 fully saturated rings. The van der Waals surface area contributed by atoms with Crippen molar-refractivity contribution in [1.82, 2.24) is 14.9 Å². The number of piperidine rings is 1. The van der Waals surface area contributed by atoms with Gasteiger partial charge >= 0.3 is 0 Å². The average molecular weight is 370 g/mol. The van der Waals surface area contributed by atoms with Crippen molar-refractivity contribution in [3.63, 3.8) is 0 Å². The molecule has 146 valence electrons. The van der Waals surface area contributed by atoms with Crippen LogP contribution in [0.5, 0.6) is 5.75 Å². The van der Waals surface area contributed by atoms with Gasteiger partial charge in [-0.25, -0.2) is 4.98 Å². The summed E-state index contributed by atoms with van der Waals surface area (Å²) in [6, 6.07) is 8.55. The van der Waals surface area contributed by atoms with Gasteiger partial charge in [0.2, 0.25) is 0 Å². The molecule has 0 saturated carbocycles. The summed E-state index contributed by atoms with van der Waals surface area (Å²) in [4.78, 5) is 18.8. The Morgan fingerprint density at radius 3 is 3.04 bits per heavy atom. The van der Waals surface area contributed by atoms with Crippen LogP contribution in [0.2, 0.25) is 0 Å². The van der Waals surface area contributed by atoms with E-state index in [0.717, 1.165) is 57.7 Å². The van der Waals surface area contributed by atoms with Crippen LogP contribution in [0.1, 0.15) is 38.2 Å². The van der Waals surface area contributed by atoms with Crippen LogP contribution < -0.4 is 20.5 Å². The zero-order chi connectivity index (χ0) is 19.1. The lowest BCUT2D eigenvalue weighted by Gasteiger charge is -2.33. The topological polar surface area (TPSA) is 59.4 Å². The van der Waals surface area contributed by atoms with Crippen LogP contribution in [-0.4, -0.2) is 35.3 Å². The van der Waals surface area contributed by atoms with Gasteiger partial charge in [-0.1, -0.05) is 31.5 Å². The van der Waals surface area contributed by atoms with Gasteiger partial charge in [0, 0.05) is 50.7 Å². The van der Waals surface area contributed by atoms with E-state index >= 15 is 0 Å². The summed E-state index contributed by atoms with van der Waals surface area (Å²) >= 11 is 0. The predicted molar refractivity (Wildman–Crippen MR) is 108 cm³/mol. The summed E-state index contributed by atoms with van der Waals surface area (Å²) in [5.41, 5.74) is 1.15. The number of hydrogen-bond donors (Lipinski definition) is 1. The molecule has 1 saturated heterocycles. The molecular weight excluding hydrogens is 340 g/mol. The third kappa shape index (κ3) is 5.10. The van der Waals surface area contributed by atoms with E-state index in [1.807, 2.05) is 12.1 Å². The zero-order valence-electron chi connectivity index (χ0n) is 16.4. The Balaban J connectivity index is 1.60. The number of rotatable bonds is 8. The Morgan fingerprint density at radius 2 is 2.19 bits per heavy atom. The fourth-order valence-corrected chi connectivity index (χ4v) is 3.41. The first-order valence-electron chi connectivity index (χ1n) is 9.89. The molecule has 0 bridgehead atoms. The summed E-state index contributed by atoms with van der Waals surface area (Å²) < 4.78 is 7.52. The van der Waals surface area contributed by atoms with Crippen molar-refractivity contribution in [2.75, 3.05) is 24.6 Å². The molecule has 0 spiro atoms. The van der Waals surface area contributed by atoms with Crippen molar-refractivity contribution in [2.24, 2.45) is 7.05 Å². The Labute approximate surface area is 161 Å². The van der Waals surface area contributed by atoms with Crippen molar-refractivity contribution >= 4 is 5.82 Å². The summed E-state index contributed by atoms with van der Waals surface area (Å²) in [5, 5.41) is 3.64. The highest BCUT2D eigenvalue weighted by atomic mass is 16.5. The van der Waals surface area contributed by atoms with E-state index in [2.05, 4.69) is 34.3 Å². The summed E-state index contributed by atoms with van der Waals surface area (Å²) in [7, 11) is 1.77. The van der Waals surface area contributed by atoms with Crippen LogP contribution >= 0.6 is 0 Å². The smallest absolute Gasteiger partial charge is 0.293 e. The number of unbranched alkanes of at least 4 members (excludes halogenated alkanes) is 1. The minimum absolute atomic E-state index is 0.0344. The number of hydrogen-bond acceptors (Lipinski definition) is 5. The SMILES string of the molecule is CCCCOc1ccccc1CNC1CCCN(c2nccn(C)c2=O)C1. The van der Waals surface area contributed by atoms with Crippen molar-refractivity contribution in [3.8, 4) is 5.75 Å². The van der Waals surface area contributed by atoms with Gasteiger partial charge in [-0.05, 0) is 25.3 Å². The van der Waals surface area contributed by atoms with Gasteiger partial charge in [0.1, 0.15) is 5.75 Å². The molecule has 1 N–H and O–H groups in total. The van der Waals surface area contributed by atoms with Crippen molar-refractivity contribution in [2.45, 2.75) is 45.2 Å². The Morgan fingerprint density at radius 1 is 1.33 bits per heavy atom. The second-order valence-corrected chi connectivity index (χ2v) is 7.14. The summed E-state index contributed by atoms with van der Waals surface area (Å²) in [6.45, 7) is 5.36. The van der Waals surface area contributed by atoms with E-state index in [0.29, 0.717) is 11.9 Å². The number of aryl methyl sites for hydroxylation is 1. The highest BCUT2D eigenvalue weighted by Gasteiger charge is 2.23. The standard InChI is InChI=1S/C21H30N4O2/c1-3-4-14-27-19-10-6-5-8-17(19)15-23-18-9-7-12-25(16-18)20-21(26)24(2)13-11-22-20/h5-6,8,10-11,13,18,23H,3-4,7,9,12,14-16H2,1-2H3. The van der Waals surface area contributed by atoms with Gasteiger partial charge in [0.15, 0.2) is 5.82 Å². The molecule has 1 aliphatic heterocycles. The third-order valence-electron chi connectivity index (χ3n) is 5.03. The van der Waals surface area contributed by atoms with Crippen LogP contribution in [0.4, 0.5) is 5.82 Å². The molecular formula is C21H30N4O2. The summed E-state index contributed by atoms with van der Waals surface area (Å²) in [5.74, 6) is 1.51. The monoisotopic (exact) mass is 370 g/mol. The lowest BCUT2D eigenvalue weighted by atomic mass is 10.1. The molecule has 1 aromatic heterocycles. The quantitative estimate of drug-likeness (QED) is 0.724. The zero-order valence-corrected chi connectivity index (χ0v) is 16.4. The van der Waals surface area contributed by atoms with Gasteiger partial charge in [0.25, 0.3) is 5.56 Å². The number of anilines is 1. The maximum Gasteiger partial charge on any atom is 0.293 e. The second-order valence-electron chi connectivity index (χ2n) is 7.14. The van der Waals surface area contributed by atoms with Gasteiger partial charge in [0.05, 0.1) is 6.61 Å². The van der Waals surface area contributed by atoms with Crippen LogP contribution in [0, 0.1) is 0 Å². The molecule has 0 aliphatic carbocycles. The van der Waals surface area contributed by atoms with E-state index in [4.69, 9.17) is 4.74 Å². The number of nitrogens with zero attached hydrogens (tertiary/aromatic N) is 3. The molecule has 1 aromatic carbocycles. The molecule has 1 aliphatic rings. The average Bonchev–Trinajstić information content (AvgIpc) is 2.70. The van der Waals surface area contributed by atoms with Crippen LogP contribution in [-0.2, 0) is 13.6 Å². The molecule has 2 heterocycles. The molecule has 1 unspecified atom stereocenters. The molecule has 6 nitrogen and oxygen atoms in total. The van der Waals surface area contributed by atoms with E-state index in [-0.39, 0.29) is 5.56 Å². The van der Waals surface area contributed by atoms with Crippen LogP contribution in [0.15, 0.2) is 41.5 Å². The molecule has 3 rings (SSSR count). The van der Waals surface area contributed by atoms with Gasteiger partial charge in [-0.3, -0.25) is 4.79 Å². The predicted octanol–water partition coefficient (Wildman–Crippen LogP) is 2.72. The first-order chi connectivity index (χ1) is 13.2. The molecule has 6 heteroatoms. The molecule has 1 atom stereocenters. The Bertz CT molecular complexity index is 790. The normalized spacial score (nSPS) is 17.1. The van der Waals surface area contributed by atoms with E-state index < -0.39 is 0 Å². The second kappa shape index (κ2) is 9.55. The number of nitrogens with one attached hydrogen (secondary N) is 1.